The van der Waals surface area contributed by atoms with Crippen LogP contribution < -0.4 is 0 Å². The lowest BCUT2D eigenvalue weighted by atomic mass is 10.1. The van der Waals surface area contributed by atoms with Gasteiger partial charge in [0.05, 0.1) is 0 Å². The van der Waals surface area contributed by atoms with Crippen molar-refractivity contribution >= 4 is 11.0 Å². The first-order valence-electron chi connectivity index (χ1n) is 4.09. The molecule has 0 saturated heterocycles. The molecule has 0 aliphatic heterocycles. The lowest BCUT2D eigenvalue weighted by Gasteiger charge is -1.92. The van der Waals surface area contributed by atoms with E-state index in [-0.39, 0.29) is 0 Å². The van der Waals surface area contributed by atoms with Gasteiger partial charge >= 0.3 is 0 Å². The van der Waals surface area contributed by atoms with Crippen LogP contribution in [-0.2, 0) is 13.5 Å². The molecule has 1 aromatic heterocycles. The van der Waals surface area contributed by atoms with Crippen molar-refractivity contribution < 1.29 is 0 Å². The van der Waals surface area contributed by atoms with Gasteiger partial charge in [0.2, 0.25) is 0 Å². The SMILES string of the molecule is CCc1ccc2nn(C)nc2c1. The largest absolute Gasteiger partial charge is 0.187 e. The van der Waals surface area contributed by atoms with Gasteiger partial charge in [0.15, 0.2) is 0 Å². The van der Waals surface area contributed by atoms with Crippen molar-refractivity contribution in [2.45, 2.75) is 13.3 Å². The second-order valence-corrected chi connectivity index (χ2v) is 2.87. The molecular weight excluding hydrogens is 150 g/mol. The van der Waals surface area contributed by atoms with Crippen molar-refractivity contribution in [3.05, 3.63) is 23.8 Å². The van der Waals surface area contributed by atoms with E-state index in [0.717, 1.165) is 17.5 Å². The summed E-state index contributed by atoms with van der Waals surface area (Å²) < 4.78 is 0. The molecule has 0 saturated carbocycles. The molecule has 1 aromatic carbocycles. The molecule has 62 valence electrons. The average molecular weight is 161 g/mol. The van der Waals surface area contributed by atoms with Gasteiger partial charge < -0.3 is 0 Å². The zero-order valence-corrected chi connectivity index (χ0v) is 7.28. The zero-order valence-electron chi connectivity index (χ0n) is 7.28. The fourth-order valence-electron chi connectivity index (χ4n) is 1.29. The van der Waals surface area contributed by atoms with Crippen LogP contribution in [0.1, 0.15) is 12.5 Å². The maximum Gasteiger partial charge on any atom is 0.113 e. The fraction of sp³-hybridized carbons (Fsp3) is 0.333. The molecule has 2 rings (SSSR count). The van der Waals surface area contributed by atoms with Crippen LogP contribution >= 0.6 is 0 Å². The van der Waals surface area contributed by atoms with Crippen molar-refractivity contribution in [1.29, 1.82) is 0 Å². The van der Waals surface area contributed by atoms with E-state index in [2.05, 4.69) is 29.3 Å². The molecule has 0 atom stereocenters. The average Bonchev–Trinajstić information content (AvgIpc) is 2.43. The van der Waals surface area contributed by atoms with E-state index >= 15 is 0 Å². The second-order valence-electron chi connectivity index (χ2n) is 2.87. The third-order valence-electron chi connectivity index (χ3n) is 1.95. The zero-order chi connectivity index (χ0) is 8.55. The lowest BCUT2D eigenvalue weighted by Crippen LogP contribution is -1.90. The Balaban J connectivity index is 2.66. The van der Waals surface area contributed by atoms with Crippen molar-refractivity contribution in [3.8, 4) is 0 Å². The normalized spacial score (nSPS) is 10.8. The molecule has 0 aliphatic rings. The highest BCUT2D eigenvalue weighted by atomic mass is 15.4. The standard InChI is InChI=1S/C9H11N3/c1-3-7-4-5-8-9(6-7)11-12(2)10-8/h4-6H,3H2,1-2H3. The van der Waals surface area contributed by atoms with Gasteiger partial charge in [0.1, 0.15) is 11.0 Å². The maximum absolute atomic E-state index is 4.23. The van der Waals surface area contributed by atoms with E-state index in [0.29, 0.717) is 0 Å². The molecule has 0 spiro atoms. The molecule has 0 fully saturated rings. The number of aryl methyl sites for hydroxylation is 2. The van der Waals surface area contributed by atoms with Crippen LogP contribution in [0.5, 0.6) is 0 Å². The highest BCUT2D eigenvalue weighted by Crippen LogP contribution is 2.11. The van der Waals surface area contributed by atoms with Crippen LogP contribution in [0, 0.1) is 0 Å². The van der Waals surface area contributed by atoms with Crippen LogP contribution in [0.4, 0.5) is 0 Å². The highest BCUT2D eigenvalue weighted by molar-refractivity contribution is 5.74. The van der Waals surface area contributed by atoms with Gasteiger partial charge in [0, 0.05) is 7.05 Å². The van der Waals surface area contributed by atoms with Gasteiger partial charge in [0.25, 0.3) is 0 Å². The highest BCUT2D eigenvalue weighted by Gasteiger charge is 1.99. The Labute approximate surface area is 71.0 Å². The Hall–Kier alpha value is -1.38. The minimum Gasteiger partial charge on any atom is -0.187 e. The van der Waals surface area contributed by atoms with Crippen molar-refractivity contribution in [3.63, 3.8) is 0 Å². The Bertz CT molecular complexity index is 403. The molecule has 0 N–H and O–H groups in total. The van der Waals surface area contributed by atoms with E-state index in [9.17, 15) is 0 Å². The third-order valence-corrected chi connectivity index (χ3v) is 1.95. The van der Waals surface area contributed by atoms with Gasteiger partial charge in [-0.2, -0.15) is 15.0 Å². The predicted octanol–water partition coefficient (Wildman–Crippen LogP) is 1.53. The first-order valence-corrected chi connectivity index (χ1v) is 4.09. The first-order chi connectivity index (χ1) is 5.79. The van der Waals surface area contributed by atoms with Gasteiger partial charge in [-0.15, -0.1) is 0 Å². The van der Waals surface area contributed by atoms with E-state index in [1.54, 1.807) is 4.80 Å². The minimum absolute atomic E-state index is 0.967. The van der Waals surface area contributed by atoms with Crippen molar-refractivity contribution in [1.82, 2.24) is 15.0 Å². The molecule has 1 heterocycles. The van der Waals surface area contributed by atoms with E-state index in [1.165, 1.54) is 5.56 Å². The summed E-state index contributed by atoms with van der Waals surface area (Å²) in [4.78, 5) is 1.60. The number of hydrogen-bond donors (Lipinski definition) is 0. The predicted molar refractivity (Wildman–Crippen MR) is 47.9 cm³/mol. The Morgan fingerprint density at radius 1 is 1.25 bits per heavy atom. The Morgan fingerprint density at radius 2 is 2.00 bits per heavy atom. The molecule has 0 amide bonds. The summed E-state index contributed by atoms with van der Waals surface area (Å²) in [5, 5.41) is 8.42. The Morgan fingerprint density at radius 3 is 2.75 bits per heavy atom. The molecule has 0 aliphatic carbocycles. The van der Waals surface area contributed by atoms with Gasteiger partial charge in [-0.3, -0.25) is 0 Å². The summed E-state index contributed by atoms with van der Waals surface area (Å²) in [5.41, 5.74) is 3.26. The summed E-state index contributed by atoms with van der Waals surface area (Å²) >= 11 is 0. The number of rotatable bonds is 1. The van der Waals surface area contributed by atoms with E-state index < -0.39 is 0 Å². The minimum atomic E-state index is 0.967. The summed E-state index contributed by atoms with van der Waals surface area (Å²) in [7, 11) is 1.84. The molecule has 3 nitrogen and oxygen atoms in total. The molecule has 0 unspecified atom stereocenters. The van der Waals surface area contributed by atoms with E-state index in [1.807, 2.05) is 13.1 Å². The van der Waals surface area contributed by atoms with Crippen LogP contribution in [0.2, 0.25) is 0 Å². The molecule has 0 bridgehead atoms. The third kappa shape index (κ3) is 1.07. The van der Waals surface area contributed by atoms with Crippen molar-refractivity contribution in [2.24, 2.45) is 7.05 Å². The quantitative estimate of drug-likeness (QED) is 0.635. The molecule has 3 heteroatoms. The summed E-state index contributed by atoms with van der Waals surface area (Å²) in [6.07, 6.45) is 1.05. The second kappa shape index (κ2) is 2.59. The summed E-state index contributed by atoms with van der Waals surface area (Å²) in [5.74, 6) is 0. The fourth-order valence-corrected chi connectivity index (χ4v) is 1.29. The number of nitrogens with zero attached hydrogens (tertiary/aromatic N) is 3. The summed E-state index contributed by atoms with van der Waals surface area (Å²) in [6, 6.07) is 6.19. The van der Waals surface area contributed by atoms with Gasteiger partial charge in [-0.1, -0.05) is 13.0 Å². The molecular formula is C9H11N3. The number of aromatic nitrogens is 3. The van der Waals surface area contributed by atoms with E-state index in [4.69, 9.17) is 0 Å². The smallest absolute Gasteiger partial charge is 0.113 e. The van der Waals surface area contributed by atoms with Gasteiger partial charge in [-0.05, 0) is 24.1 Å². The first kappa shape index (κ1) is 7.28. The van der Waals surface area contributed by atoms with Crippen LogP contribution in [0.3, 0.4) is 0 Å². The van der Waals surface area contributed by atoms with Crippen LogP contribution in [0.15, 0.2) is 18.2 Å². The van der Waals surface area contributed by atoms with Gasteiger partial charge in [-0.25, -0.2) is 0 Å². The van der Waals surface area contributed by atoms with Crippen LogP contribution in [0.25, 0.3) is 11.0 Å². The molecule has 12 heavy (non-hydrogen) atoms. The van der Waals surface area contributed by atoms with Crippen molar-refractivity contribution in [2.75, 3.05) is 0 Å². The number of fused-ring (bicyclic) bond motifs is 1. The maximum atomic E-state index is 4.23. The summed E-state index contributed by atoms with van der Waals surface area (Å²) in [6.45, 7) is 2.14. The topological polar surface area (TPSA) is 30.7 Å². The molecule has 0 radical (unpaired) electrons. The Kier molecular flexibility index (Phi) is 1.57. The number of benzene rings is 1. The molecule has 2 aromatic rings. The monoisotopic (exact) mass is 161 g/mol. The lowest BCUT2D eigenvalue weighted by molar-refractivity contribution is 0.665. The number of hydrogen-bond acceptors (Lipinski definition) is 2. The van der Waals surface area contributed by atoms with Crippen LogP contribution in [-0.4, -0.2) is 15.0 Å².